The average molecular weight is 253 g/mol. The molecule has 1 unspecified atom stereocenters. The van der Waals surface area contributed by atoms with Gasteiger partial charge in [0.2, 0.25) is 0 Å². The van der Waals surface area contributed by atoms with Gasteiger partial charge in [-0.3, -0.25) is 0 Å². The van der Waals surface area contributed by atoms with Crippen molar-refractivity contribution in [2.45, 2.75) is 4.83 Å². The highest BCUT2D eigenvalue weighted by Gasteiger charge is 2.08. The molecule has 0 bridgehead atoms. The zero-order valence-electron chi connectivity index (χ0n) is 7.03. The summed E-state index contributed by atoms with van der Waals surface area (Å²) in [6.45, 7) is 3.78. The lowest BCUT2D eigenvalue weighted by Crippen LogP contribution is -1.80. The van der Waals surface area contributed by atoms with Crippen LogP contribution in [0.5, 0.6) is 0 Å². The van der Waals surface area contributed by atoms with Crippen molar-refractivity contribution in [1.29, 1.82) is 0 Å². The van der Waals surface area contributed by atoms with Crippen molar-refractivity contribution < 1.29 is 0 Å². The van der Waals surface area contributed by atoms with Crippen molar-refractivity contribution >= 4 is 37.4 Å². The van der Waals surface area contributed by atoms with Gasteiger partial charge in [-0.2, -0.15) is 0 Å². The summed E-state index contributed by atoms with van der Waals surface area (Å²) in [7, 11) is 0. The predicted molar refractivity (Wildman–Crippen MR) is 63.7 cm³/mol. The molecule has 1 aromatic carbocycles. The van der Waals surface area contributed by atoms with Crippen LogP contribution in [0.3, 0.4) is 0 Å². The van der Waals surface area contributed by atoms with Gasteiger partial charge in [-0.25, -0.2) is 0 Å². The minimum absolute atomic E-state index is 0.267. The molecule has 66 valence electrons. The number of alkyl halides is 1. The lowest BCUT2D eigenvalue weighted by molar-refractivity contribution is 1.31. The number of allylic oxidation sites excluding steroid dienone is 1. The second kappa shape index (κ2) is 3.64. The monoisotopic (exact) mass is 252 g/mol. The molecule has 0 aliphatic rings. The van der Waals surface area contributed by atoms with E-state index < -0.39 is 0 Å². The molecule has 13 heavy (non-hydrogen) atoms. The number of hydrogen-bond acceptors (Lipinski definition) is 1. The first kappa shape index (κ1) is 8.97. The minimum Gasteiger partial charge on any atom is -0.143 e. The summed E-state index contributed by atoms with van der Waals surface area (Å²) in [6.07, 6.45) is 1.91. The van der Waals surface area contributed by atoms with Gasteiger partial charge in [-0.05, 0) is 22.4 Å². The molecule has 2 aromatic rings. The van der Waals surface area contributed by atoms with E-state index in [1.165, 1.54) is 15.6 Å². The molecular weight excluding hydrogens is 244 g/mol. The zero-order chi connectivity index (χ0) is 9.26. The molecule has 1 heterocycles. The number of halogens is 1. The van der Waals surface area contributed by atoms with Crippen molar-refractivity contribution in [1.82, 2.24) is 0 Å². The fourth-order valence-electron chi connectivity index (χ4n) is 1.34. The van der Waals surface area contributed by atoms with Crippen molar-refractivity contribution in [2.24, 2.45) is 0 Å². The Morgan fingerprint density at radius 3 is 2.92 bits per heavy atom. The molecule has 1 atom stereocenters. The maximum atomic E-state index is 3.78. The molecule has 0 nitrogen and oxygen atoms in total. The summed E-state index contributed by atoms with van der Waals surface area (Å²) in [5.41, 5.74) is 1.32. The van der Waals surface area contributed by atoms with Crippen LogP contribution in [-0.2, 0) is 0 Å². The number of benzene rings is 1. The van der Waals surface area contributed by atoms with E-state index in [1.54, 1.807) is 11.3 Å². The van der Waals surface area contributed by atoms with Gasteiger partial charge >= 0.3 is 0 Å². The Morgan fingerprint density at radius 2 is 2.15 bits per heavy atom. The van der Waals surface area contributed by atoms with Gasteiger partial charge in [0.25, 0.3) is 0 Å². The third-order valence-electron chi connectivity index (χ3n) is 2.01. The fourth-order valence-corrected chi connectivity index (χ4v) is 2.89. The summed E-state index contributed by atoms with van der Waals surface area (Å²) in [5.74, 6) is 0. The number of hydrogen-bond donors (Lipinski definition) is 0. The third-order valence-corrected chi connectivity index (χ3v) is 3.86. The SMILES string of the molecule is C=CC(Br)c1csc2ccccc12. The van der Waals surface area contributed by atoms with Gasteiger partial charge < -0.3 is 0 Å². The molecule has 0 amide bonds. The fraction of sp³-hybridized carbons (Fsp3) is 0.0909. The van der Waals surface area contributed by atoms with Gasteiger partial charge in [0.05, 0.1) is 4.83 Å². The molecule has 2 heteroatoms. The highest BCUT2D eigenvalue weighted by molar-refractivity contribution is 9.09. The molecule has 0 saturated heterocycles. The summed E-state index contributed by atoms with van der Waals surface area (Å²) >= 11 is 5.35. The molecule has 0 N–H and O–H groups in total. The van der Waals surface area contributed by atoms with Gasteiger partial charge in [0.1, 0.15) is 0 Å². The summed E-state index contributed by atoms with van der Waals surface area (Å²) in [6, 6.07) is 8.44. The average Bonchev–Trinajstić information content (AvgIpc) is 2.60. The van der Waals surface area contributed by atoms with E-state index in [0.29, 0.717) is 0 Å². The second-order valence-electron chi connectivity index (χ2n) is 2.82. The Bertz CT molecular complexity index is 430. The number of thiophene rings is 1. The van der Waals surface area contributed by atoms with Gasteiger partial charge in [0, 0.05) is 4.70 Å². The van der Waals surface area contributed by atoms with Crippen LogP contribution < -0.4 is 0 Å². The quantitative estimate of drug-likeness (QED) is 0.545. The van der Waals surface area contributed by atoms with Gasteiger partial charge in [-0.1, -0.05) is 40.2 Å². The minimum atomic E-state index is 0.267. The van der Waals surface area contributed by atoms with E-state index in [2.05, 4.69) is 52.2 Å². The molecule has 1 aromatic heterocycles. The number of fused-ring (bicyclic) bond motifs is 1. The predicted octanol–water partition coefficient (Wildman–Crippen LogP) is 4.52. The standard InChI is InChI=1S/C11H9BrS/c1-2-10(12)9-7-13-11-6-4-3-5-8(9)11/h2-7,10H,1H2. The molecule has 0 aliphatic heterocycles. The Hall–Kier alpha value is -0.600. The van der Waals surface area contributed by atoms with Crippen LogP contribution in [0.4, 0.5) is 0 Å². The van der Waals surface area contributed by atoms with Crippen LogP contribution in [0.1, 0.15) is 10.4 Å². The first-order valence-electron chi connectivity index (χ1n) is 4.05. The van der Waals surface area contributed by atoms with Crippen LogP contribution in [0.2, 0.25) is 0 Å². The van der Waals surface area contributed by atoms with E-state index in [9.17, 15) is 0 Å². The maximum Gasteiger partial charge on any atom is 0.0587 e. The lowest BCUT2D eigenvalue weighted by atomic mass is 10.1. The molecular formula is C11H9BrS. The van der Waals surface area contributed by atoms with Crippen molar-refractivity contribution in [2.75, 3.05) is 0 Å². The zero-order valence-corrected chi connectivity index (χ0v) is 9.44. The molecule has 0 radical (unpaired) electrons. The largest absolute Gasteiger partial charge is 0.143 e. The molecule has 2 rings (SSSR count). The van der Waals surface area contributed by atoms with E-state index in [4.69, 9.17) is 0 Å². The first-order valence-corrected chi connectivity index (χ1v) is 5.85. The molecule has 0 saturated carbocycles. The van der Waals surface area contributed by atoms with Crippen LogP contribution in [-0.4, -0.2) is 0 Å². The van der Waals surface area contributed by atoms with Gasteiger partial charge in [0.15, 0.2) is 0 Å². The molecule has 0 aliphatic carbocycles. The molecule has 0 fully saturated rings. The summed E-state index contributed by atoms with van der Waals surface area (Å²) < 4.78 is 1.34. The van der Waals surface area contributed by atoms with E-state index in [0.717, 1.165) is 0 Å². The smallest absolute Gasteiger partial charge is 0.0587 e. The highest BCUT2D eigenvalue weighted by atomic mass is 79.9. The van der Waals surface area contributed by atoms with E-state index in [-0.39, 0.29) is 4.83 Å². The van der Waals surface area contributed by atoms with Gasteiger partial charge in [-0.15, -0.1) is 17.9 Å². The van der Waals surface area contributed by atoms with Crippen LogP contribution in [0.15, 0.2) is 42.3 Å². The van der Waals surface area contributed by atoms with Crippen LogP contribution in [0.25, 0.3) is 10.1 Å². The Labute approximate surface area is 90.0 Å². The second-order valence-corrected chi connectivity index (χ2v) is 4.72. The van der Waals surface area contributed by atoms with E-state index >= 15 is 0 Å². The van der Waals surface area contributed by atoms with Crippen molar-refractivity contribution in [3.63, 3.8) is 0 Å². The van der Waals surface area contributed by atoms with E-state index in [1.807, 2.05) is 6.08 Å². The first-order chi connectivity index (χ1) is 6.33. The Balaban J connectivity index is 2.64. The highest BCUT2D eigenvalue weighted by Crippen LogP contribution is 2.34. The van der Waals surface area contributed by atoms with Crippen LogP contribution in [0, 0.1) is 0 Å². The summed E-state index contributed by atoms with van der Waals surface area (Å²) in [5, 5.41) is 3.51. The maximum absolute atomic E-state index is 3.78. The number of rotatable bonds is 2. The Morgan fingerprint density at radius 1 is 1.38 bits per heavy atom. The van der Waals surface area contributed by atoms with Crippen molar-refractivity contribution in [3.8, 4) is 0 Å². The summed E-state index contributed by atoms with van der Waals surface area (Å²) in [4.78, 5) is 0.267. The Kier molecular flexibility index (Phi) is 2.51. The van der Waals surface area contributed by atoms with Crippen molar-refractivity contribution in [3.05, 3.63) is 47.9 Å². The van der Waals surface area contributed by atoms with Crippen LogP contribution >= 0.6 is 27.3 Å². The normalized spacial score (nSPS) is 13.0. The topological polar surface area (TPSA) is 0 Å². The molecule has 0 spiro atoms. The third kappa shape index (κ3) is 1.56. The lowest BCUT2D eigenvalue weighted by Gasteiger charge is -2.01.